The quantitative estimate of drug-likeness (QED) is 0.655. The van der Waals surface area contributed by atoms with Gasteiger partial charge in [0.25, 0.3) is 0 Å². The van der Waals surface area contributed by atoms with Gasteiger partial charge in [0.2, 0.25) is 0 Å². The van der Waals surface area contributed by atoms with Crippen LogP contribution in [0.1, 0.15) is 31.2 Å². The molecule has 0 fully saturated rings. The van der Waals surface area contributed by atoms with Crippen molar-refractivity contribution in [2.75, 3.05) is 14.2 Å². The Morgan fingerprint density at radius 1 is 1.00 bits per heavy atom. The first-order valence-electron chi connectivity index (χ1n) is 5.97. The first-order valence-corrected chi connectivity index (χ1v) is 7.68. The maximum absolute atomic E-state index is 5.36. The number of rotatable bonds is 5. The third kappa shape index (κ3) is 3.41. The van der Waals surface area contributed by atoms with Crippen LogP contribution in [0, 0.1) is 11.8 Å². The average molecular weight is 380 g/mol. The average Bonchev–Trinajstić information content (AvgIpc) is 2.36. The van der Waals surface area contributed by atoms with Crippen molar-refractivity contribution in [2.45, 2.75) is 25.6 Å². The SMILES string of the molecule is COc1cc(Br)c(C(Br)C(C)C(C)C)cc1OC. The van der Waals surface area contributed by atoms with E-state index in [0.717, 1.165) is 16.0 Å². The number of methoxy groups -OCH3 is 2. The van der Waals surface area contributed by atoms with E-state index in [4.69, 9.17) is 9.47 Å². The van der Waals surface area contributed by atoms with Crippen molar-refractivity contribution in [1.82, 2.24) is 0 Å². The van der Waals surface area contributed by atoms with Gasteiger partial charge < -0.3 is 9.47 Å². The highest BCUT2D eigenvalue weighted by Crippen LogP contribution is 2.43. The molecule has 4 heteroatoms. The largest absolute Gasteiger partial charge is 0.493 e. The summed E-state index contributed by atoms with van der Waals surface area (Å²) in [6.07, 6.45) is 0. The molecule has 1 aromatic carbocycles. The predicted molar refractivity (Wildman–Crippen MR) is 82.9 cm³/mol. The Morgan fingerprint density at radius 3 is 1.94 bits per heavy atom. The lowest BCUT2D eigenvalue weighted by atomic mass is 9.91. The summed E-state index contributed by atoms with van der Waals surface area (Å²) >= 11 is 7.39. The zero-order valence-corrected chi connectivity index (χ0v) is 14.6. The third-order valence-electron chi connectivity index (χ3n) is 3.31. The van der Waals surface area contributed by atoms with Crippen LogP contribution in [0.2, 0.25) is 0 Å². The Hall–Kier alpha value is -0.220. The van der Waals surface area contributed by atoms with Gasteiger partial charge in [0, 0.05) is 9.30 Å². The summed E-state index contributed by atoms with van der Waals surface area (Å²) in [5.74, 6) is 2.63. The van der Waals surface area contributed by atoms with E-state index >= 15 is 0 Å². The number of halogens is 2. The first-order chi connectivity index (χ1) is 8.42. The molecule has 0 amide bonds. The van der Waals surface area contributed by atoms with Crippen LogP contribution in [-0.4, -0.2) is 14.2 Å². The molecule has 0 heterocycles. The molecule has 0 N–H and O–H groups in total. The Kier molecular flexibility index (Phi) is 5.99. The Bertz CT molecular complexity index is 405. The molecule has 102 valence electrons. The Balaban J connectivity index is 3.16. The van der Waals surface area contributed by atoms with Crippen LogP contribution in [0.5, 0.6) is 11.5 Å². The van der Waals surface area contributed by atoms with E-state index in [1.165, 1.54) is 5.56 Å². The van der Waals surface area contributed by atoms with E-state index in [9.17, 15) is 0 Å². The van der Waals surface area contributed by atoms with Gasteiger partial charge >= 0.3 is 0 Å². The van der Waals surface area contributed by atoms with Gasteiger partial charge in [-0.05, 0) is 29.5 Å². The van der Waals surface area contributed by atoms with E-state index in [0.29, 0.717) is 11.8 Å². The zero-order chi connectivity index (χ0) is 13.9. The topological polar surface area (TPSA) is 18.5 Å². The molecular formula is C14H20Br2O2. The van der Waals surface area contributed by atoms with Crippen molar-refractivity contribution in [1.29, 1.82) is 0 Å². The highest BCUT2D eigenvalue weighted by atomic mass is 79.9. The molecule has 0 bridgehead atoms. The van der Waals surface area contributed by atoms with Crippen molar-refractivity contribution in [2.24, 2.45) is 11.8 Å². The minimum Gasteiger partial charge on any atom is -0.493 e. The van der Waals surface area contributed by atoms with Gasteiger partial charge in [0.15, 0.2) is 11.5 Å². The van der Waals surface area contributed by atoms with E-state index in [2.05, 4.69) is 52.6 Å². The molecule has 18 heavy (non-hydrogen) atoms. The van der Waals surface area contributed by atoms with E-state index < -0.39 is 0 Å². The molecule has 0 radical (unpaired) electrons. The van der Waals surface area contributed by atoms with E-state index in [1.807, 2.05) is 12.1 Å². The molecule has 1 rings (SSSR count). The lowest BCUT2D eigenvalue weighted by Crippen LogP contribution is -2.11. The molecule has 2 nitrogen and oxygen atoms in total. The van der Waals surface area contributed by atoms with Crippen molar-refractivity contribution in [3.8, 4) is 11.5 Å². The smallest absolute Gasteiger partial charge is 0.161 e. The van der Waals surface area contributed by atoms with Crippen LogP contribution in [0.3, 0.4) is 0 Å². The van der Waals surface area contributed by atoms with Gasteiger partial charge in [-0.15, -0.1) is 0 Å². The molecule has 1 aromatic rings. The Labute approximate surface area is 126 Å². The summed E-state index contributed by atoms with van der Waals surface area (Å²) in [6, 6.07) is 3.98. The third-order valence-corrected chi connectivity index (χ3v) is 5.33. The summed E-state index contributed by atoms with van der Waals surface area (Å²) in [4.78, 5) is 0.284. The molecule has 0 saturated heterocycles. The Morgan fingerprint density at radius 2 is 1.50 bits per heavy atom. The monoisotopic (exact) mass is 378 g/mol. The molecule has 0 aliphatic heterocycles. The highest BCUT2D eigenvalue weighted by Gasteiger charge is 2.23. The van der Waals surface area contributed by atoms with Crippen molar-refractivity contribution >= 4 is 31.9 Å². The fourth-order valence-electron chi connectivity index (χ4n) is 1.70. The van der Waals surface area contributed by atoms with E-state index in [1.54, 1.807) is 14.2 Å². The molecule has 0 saturated carbocycles. The second-order valence-corrected chi connectivity index (χ2v) is 6.57. The van der Waals surface area contributed by atoms with Crippen LogP contribution in [-0.2, 0) is 0 Å². The molecule has 0 aliphatic rings. The maximum Gasteiger partial charge on any atom is 0.161 e. The summed E-state index contributed by atoms with van der Waals surface area (Å²) in [6.45, 7) is 6.70. The van der Waals surface area contributed by atoms with Crippen LogP contribution < -0.4 is 9.47 Å². The van der Waals surface area contributed by atoms with Crippen molar-refractivity contribution in [3.63, 3.8) is 0 Å². The summed E-state index contributed by atoms with van der Waals surface area (Å²) in [5, 5.41) is 0. The van der Waals surface area contributed by atoms with Gasteiger partial charge in [-0.3, -0.25) is 0 Å². The summed E-state index contributed by atoms with van der Waals surface area (Å²) in [7, 11) is 3.30. The molecule has 2 atom stereocenters. The van der Waals surface area contributed by atoms with Crippen molar-refractivity contribution in [3.05, 3.63) is 22.2 Å². The van der Waals surface area contributed by atoms with Gasteiger partial charge in [-0.25, -0.2) is 0 Å². The van der Waals surface area contributed by atoms with Gasteiger partial charge in [-0.2, -0.15) is 0 Å². The first kappa shape index (κ1) is 15.8. The molecule has 2 unspecified atom stereocenters. The van der Waals surface area contributed by atoms with Crippen LogP contribution >= 0.6 is 31.9 Å². The summed E-state index contributed by atoms with van der Waals surface area (Å²) in [5.41, 5.74) is 1.19. The van der Waals surface area contributed by atoms with Crippen LogP contribution in [0.15, 0.2) is 16.6 Å². The number of hydrogen-bond donors (Lipinski definition) is 0. The second kappa shape index (κ2) is 6.80. The van der Waals surface area contributed by atoms with Crippen LogP contribution in [0.4, 0.5) is 0 Å². The number of alkyl halides is 1. The van der Waals surface area contributed by atoms with Gasteiger partial charge in [0.05, 0.1) is 14.2 Å². The second-order valence-electron chi connectivity index (χ2n) is 4.73. The number of hydrogen-bond acceptors (Lipinski definition) is 2. The maximum atomic E-state index is 5.36. The van der Waals surface area contributed by atoms with Crippen LogP contribution in [0.25, 0.3) is 0 Å². The number of benzene rings is 1. The minimum absolute atomic E-state index is 0.284. The summed E-state index contributed by atoms with van der Waals surface area (Å²) < 4.78 is 11.7. The molecule has 0 aliphatic carbocycles. The van der Waals surface area contributed by atoms with Gasteiger partial charge in [-0.1, -0.05) is 52.6 Å². The van der Waals surface area contributed by atoms with Gasteiger partial charge in [0.1, 0.15) is 0 Å². The molecule has 0 spiro atoms. The highest BCUT2D eigenvalue weighted by molar-refractivity contribution is 9.11. The predicted octanol–water partition coefficient (Wildman–Crippen LogP) is 5.19. The fraction of sp³-hybridized carbons (Fsp3) is 0.571. The molecular weight excluding hydrogens is 360 g/mol. The normalized spacial score (nSPS) is 14.4. The van der Waals surface area contributed by atoms with Crippen molar-refractivity contribution < 1.29 is 9.47 Å². The standard InChI is InChI=1S/C14H20Br2O2/c1-8(2)9(3)14(16)10-6-12(17-4)13(18-5)7-11(10)15/h6-9,14H,1-5H3. The minimum atomic E-state index is 0.284. The number of ether oxygens (including phenoxy) is 2. The fourth-order valence-corrected chi connectivity index (χ4v) is 3.57. The lowest BCUT2D eigenvalue weighted by molar-refractivity contribution is 0.353. The van der Waals surface area contributed by atoms with E-state index in [-0.39, 0.29) is 4.83 Å². The molecule has 0 aromatic heterocycles. The zero-order valence-electron chi connectivity index (χ0n) is 11.5. The lowest BCUT2D eigenvalue weighted by Gasteiger charge is -2.24.